The lowest BCUT2D eigenvalue weighted by atomic mass is 10.0. The molecule has 2 aromatic carbocycles. The van der Waals surface area contributed by atoms with Crippen molar-refractivity contribution < 1.29 is 9.18 Å². The van der Waals surface area contributed by atoms with E-state index in [0.29, 0.717) is 29.9 Å². The molecule has 1 amide bonds. The molecule has 0 aromatic heterocycles. The molecule has 21 heavy (non-hydrogen) atoms. The van der Waals surface area contributed by atoms with Crippen molar-refractivity contribution in [3.05, 3.63) is 47.3 Å². The van der Waals surface area contributed by atoms with Gasteiger partial charge in [-0.1, -0.05) is 6.07 Å². The van der Waals surface area contributed by atoms with E-state index in [4.69, 9.17) is 5.73 Å². The quantitative estimate of drug-likeness (QED) is 0.741. The molecule has 0 saturated heterocycles. The Labute approximate surface area is 122 Å². The highest BCUT2D eigenvalue weighted by Gasteiger charge is 2.17. The predicted molar refractivity (Wildman–Crippen MR) is 82.2 cm³/mol. The van der Waals surface area contributed by atoms with Crippen molar-refractivity contribution in [1.29, 1.82) is 0 Å². The first-order chi connectivity index (χ1) is 10.0. The molecule has 4 N–H and O–H groups in total. The van der Waals surface area contributed by atoms with Crippen LogP contribution in [0, 0.1) is 12.7 Å². The molecule has 3 rings (SSSR count). The number of anilines is 4. The highest BCUT2D eigenvalue weighted by molar-refractivity contribution is 5.96. The Morgan fingerprint density at radius 3 is 2.81 bits per heavy atom. The SMILES string of the molecule is Cc1ccc(F)c(Nc2cc3c(cc2N)CCC(=O)N3)c1. The fourth-order valence-corrected chi connectivity index (χ4v) is 2.44. The third kappa shape index (κ3) is 2.67. The molecular formula is C16H16FN3O. The zero-order chi connectivity index (χ0) is 15.0. The summed E-state index contributed by atoms with van der Waals surface area (Å²) in [6, 6.07) is 8.41. The van der Waals surface area contributed by atoms with Crippen LogP contribution in [0.4, 0.5) is 27.1 Å². The molecule has 0 saturated carbocycles. The van der Waals surface area contributed by atoms with Crippen LogP contribution in [0.5, 0.6) is 0 Å². The van der Waals surface area contributed by atoms with Crippen molar-refractivity contribution in [2.45, 2.75) is 19.8 Å². The van der Waals surface area contributed by atoms with Gasteiger partial charge in [0.15, 0.2) is 0 Å². The second-order valence-electron chi connectivity index (χ2n) is 5.25. The predicted octanol–water partition coefficient (Wildman–Crippen LogP) is 3.34. The topological polar surface area (TPSA) is 67.1 Å². The van der Waals surface area contributed by atoms with E-state index in [1.807, 2.05) is 13.0 Å². The van der Waals surface area contributed by atoms with Crippen LogP contribution in [0.3, 0.4) is 0 Å². The number of nitrogen functional groups attached to an aromatic ring is 1. The number of halogens is 1. The first kappa shape index (κ1) is 13.4. The highest BCUT2D eigenvalue weighted by atomic mass is 19.1. The monoisotopic (exact) mass is 285 g/mol. The molecular weight excluding hydrogens is 269 g/mol. The number of amides is 1. The molecule has 1 heterocycles. The number of hydrogen-bond donors (Lipinski definition) is 3. The third-order valence-corrected chi connectivity index (χ3v) is 3.56. The zero-order valence-corrected chi connectivity index (χ0v) is 11.7. The number of nitrogens with two attached hydrogens (primary N) is 1. The fourth-order valence-electron chi connectivity index (χ4n) is 2.44. The lowest BCUT2D eigenvalue weighted by Crippen LogP contribution is -2.19. The molecule has 0 fully saturated rings. The van der Waals surface area contributed by atoms with Gasteiger partial charge in [-0.25, -0.2) is 4.39 Å². The van der Waals surface area contributed by atoms with Crippen LogP contribution in [0.2, 0.25) is 0 Å². The minimum absolute atomic E-state index is 0.0139. The van der Waals surface area contributed by atoms with Gasteiger partial charge in [-0.3, -0.25) is 4.79 Å². The van der Waals surface area contributed by atoms with Crippen LogP contribution in [0.1, 0.15) is 17.5 Å². The molecule has 2 aromatic rings. The summed E-state index contributed by atoms with van der Waals surface area (Å²) in [7, 11) is 0. The number of nitrogens with one attached hydrogen (secondary N) is 2. The minimum atomic E-state index is -0.346. The minimum Gasteiger partial charge on any atom is -0.397 e. The van der Waals surface area contributed by atoms with Crippen LogP contribution in [-0.2, 0) is 11.2 Å². The molecule has 0 unspecified atom stereocenters. The van der Waals surface area contributed by atoms with E-state index in [2.05, 4.69) is 10.6 Å². The average Bonchev–Trinajstić information content (AvgIpc) is 2.44. The number of hydrogen-bond acceptors (Lipinski definition) is 3. The van der Waals surface area contributed by atoms with Gasteiger partial charge in [-0.05, 0) is 48.7 Å². The van der Waals surface area contributed by atoms with Crippen LogP contribution in [0.15, 0.2) is 30.3 Å². The second-order valence-corrected chi connectivity index (χ2v) is 5.25. The van der Waals surface area contributed by atoms with Gasteiger partial charge in [-0.2, -0.15) is 0 Å². The fraction of sp³-hybridized carbons (Fsp3) is 0.188. The Hall–Kier alpha value is -2.56. The molecule has 0 spiro atoms. The molecule has 4 nitrogen and oxygen atoms in total. The molecule has 1 aliphatic heterocycles. The Bertz CT molecular complexity index is 728. The van der Waals surface area contributed by atoms with E-state index in [-0.39, 0.29) is 11.7 Å². The van der Waals surface area contributed by atoms with Crippen molar-refractivity contribution in [3.8, 4) is 0 Å². The van der Waals surface area contributed by atoms with Gasteiger partial charge < -0.3 is 16.4 Å². The van der Waals surface area contributed by atoms with Gasteiger partial charge in [0.1, 0.15) is 5.82 Å². The van der Waals surface area contributed by atoms with E-state index < -0.39 is 0 Å². The van der Waals surface area contributed by atoms with Gasteiger partial charge in [-0.15, -0.1) is 0 Å². The van der Waals surface area contributed by atoms with Gasteiger partial charge in [0.2, 0.25) is 5.91 Å². The number of fused-ring (bicyclic) bond motifs is 1. The van der Waals surface area contributed by atoms with Crippen LogP contribution < -0.4 is 16.4 Å². The van der Waals surface area contributed by atoms with E-state index in [9.17, 15) is 9.18 Å². The molecule has 0 aliphatic carbocycles. The van der Waals surface area contributed by atoms with Gasteiger partial charge in [0.05, 0.1) is 17.1 Å². The summed E-state index contributed by atoms with van der Waals surface area (Å²) in [6.45, 7) is 1.89. The Balaban J connectivity index is 1.97. The Kier molecular flexibility index (Phi) is 3.25. The van der Waals surface area contributed by atoms with E-state index in [1.54, 1.807) is 18.2 Å². The van der Waals surface area contributed by atoms with E-state index in [0.717, 1.165) is 16.8 Å². The summed E-state index contributed by atoms with van der Waals surface area (Å²) in [5, 5.41) is 5.81. The molecule has 1 aliphatic rings. The van der Waals surface area contributed by atoms with Gasteiger partial charge >= 0.3 is 0 Å². The van der Waals surface area contributed by atoms with E-state index in [1.165, 1.54) is 6.07 Å². The summed E-state index contributed by atoms with van der Waals surface area (Å²) in [6.07, 6.45) is 1.14. The van der Waals surface area contributed by atoms with Crippen LogP contribution in [-0.4, -0.2) is 5.91 Å². The first-order valence-electron chi connectivity index (χ1n) is 6.78. The first-order valence-corrected chi connectivity index (χ1v) is 6.78. The lowest BCUT2D eigenvalue weighted by Gasteiger charge is -2.20. The summed E-state index contributed by atoms with van der Waals surface area (Å²) in [5.41, 5.74) is 10.2. The number of rotatable bonds is 2. The van der Waals surface area contributed by atoms with Crippen molar-refractivity contribution in [2.24, 2.45) is 0 Å². The lowest BCUT2D eigenvalue weighted by molar-refractivity contribution is -0.116. The number of benzene rings is 2. The summed E-state index contributed by atoms with van der Waals surface area (Å²) in [4.78, 5) is 11.5. The number of carbonyl (C=O) groups excluding carboxylic acids is 1. The van der Waals surface area contributed by atoms with Gasteiger partial charge in [0, 0.05) is 12.1 Å². The summed E-state index contributed by atoms with van der Waals surface area (Å²) in [5.74, 6) is -0.360. The van der Waals surface area contributed by atoms with Crippen LogP contribution >= 0.6 is 0 Å². The maximum Gasteiger partial charge on any atom is 0.224 e. The molecule has 108 valence electrons. The van der Waals surface area contributed by atoms with Crippen molar-refractivity contribution in [3.63, 3.8) is 0 Å². The standard InChI is InChI=1S/C16H16FN3O/c1-9-2-4-11(17)14(6-9)19-15-8-13-10(7-12(15)18)3-5-16(21)20-13/h2,4,6-8,19H,3,5,18H2,1H3,(H,20,21). The normalized spacial score (nSPS) is 13.5. The van der Waals surface area contributed by atoms with Crippen molar-refractivity contribution >= 4 is 28.7 Å². The molecule has 0 atom stereocenters. The zero-order valence-electron chi connectivity index (χ0n) is 11.7. The van der Waals surface area contributed by atoms with Crippen molar-refractivity contribution in [2.75, 3.05) is 16.4 Å². The Morgan fingerprint density at radius 2 is 2.00 bits per heavy atom. The smallest absolute Gasteiger partial charge is 0.224 e. The third-order valence-electron chi connectivity index (χ3n) is 3.56. The largest absolute Gasteiger partial charge is 0.397 e. The number of aryl methyl sites for hydroxylation is 2. The van der Waals surface area contributed by atoms with E-state index >= 15 is 0 Å². The van der Waals surface area contributed by atoms with Gasteiger partial charge in [0.25, 0.3) is 0 Å². The summed E-state index contributed by atoms with van der Waals surface area (Å²) >= 11 is 0. The maximum atomic E-state index is 13.8. The highest BCUT2D eigenvalue weighted by Crippen LogP contribution is 2.33. The van der Waals surface area contributed by atoms with Crippen molar-refractivity contribution in [1.82, 2.24) is 0 Å². The Morgan fingerprint density at radius 1 is 1.19 bits per heavy atom. The average molecular weight is 285 g/mol. The summed E-state index contributed by atoms with van der Waals surface area (Å²) < 4.78 is 13.8. The molecule has 0 radical (unpaired) electrons. The number of carbonyl (C=O) groups is 1. The van der Waals surface area contributed by atoms with Crippen LogP contribution in [0.25, 0.3) is 0 Å². The molecule has 0 bridgehead atoms. The maximum absolute atomic E-state index is 13.8. The second kappa shape index (κ2) is 5.09. The molecule has 5 heteroatoms.